The van der Waals surface area contributed by atoms with Gasteiger partial charge >= 0.3 is 0 Å². The Labute approximate surface area is 165 Å². The second kappa shape index (κ2) is 8.51. The second-order valence-corrected chi connectivity index (χ2v) is 8.09. The van der Waals surface area contributed by atoms with Gasteiger partial charge in [0.05, 0.1) is 0 Å². The molecule has 0 radical (unpaired) electrons. The van der Waals surface area contributed by atoms with Gasteiger partial charge in [-0.25, -0.2) is 0 Å². The molecule has 1 N–H and O–H groups in total. The molecule has 2 aromatic rings. The lowest BCUT2D eigenvalue weighted by Crippen LogP contribution is -2.39. The molecule has 3 heterocycles. The fraction of sp³-hybridized carbons (Fsp3) is 0.500. The summed E-state index contributed by atoms with van der Waals surface area (Å²) < 4.78 is 0. The van der Waals surface area contributed by atoms with Gasteiger partial charge in [-0.2, -0.15) is 11.3 Å². The lowest BCUT2D eigenvalue weighted by atomic mass is 9.93. The molecule has 6 heteroatoms. The van der Waals surface area contributed by atoms with Gasteiger partial charge in [-0.1, -0.05) is 6.07 Å². The number of hydrogen-bond donors (Lipinski definition) is 1. The summed E-state index contributed by atoms with van der Waals surface area (Å²) in [6.45, 7) is 2.93. The molecule has 0 aromatic carbocycles. The molecule has 1 spiro atoms. The van der Waals surface area contributed by atoms with Crippen molar-refractivity contribution in [2.24, 2.45) is 5.41 Å². The van der Waals surface area contributed by atoms with Gasteiger partial charge < -0.3 is 10.2 Å². The number of piperidine rings is 1. The molecular formula is C20H26ClN3OS. The molecule has 4 rings (SSSR count). The van der Waals surface area contributed by atoms with Crippen molar-refractivity contribution in [2.45, 2.75) is 44.7 Å². The maximum atomic E-state index is 13.0. The summed E-state index contributed by atoms with van der Waals surface area (Å²) in [7, 11) is 0. The molecule has 1 saturated carbocycles. The lowest BCUT2D eigenvalue weighted by Gasteiger charge is -2.29. The molecule has 140 valence electrons. The van der Waals surface area contributed by atoms with Gasteiger partial charge in [-0.05, 0) is 78.7 Å². The molecule has 1 unspecified atom stereocenters. The van der Waals surface area contributed by atoms with E-state index in [1.807, 2.05) is 18.2 Å². The minimum atomic E-state index is 0. The largest absolute Gasteiger partial charge is 0.335 e. The van der Waals surface area contributed by atoms with Crippen LogP contribution in [0, 0.1) is 5.41 Å². The Balaban J connectivity index is 0.00000196. The highest BCUT2D eigenvalue weighted by Crippen LogP contribution is 2.56. The fourth-order valence-electron chi connectivity index (χ4n) is 4.11. The molecule has 2 aliphatic rings. The number of aromatic nitrogens is 1. The minimum Gasteiger partial charge on any atom is -0.335 e. The number of nitrogens with one attached hydrogen (secondary N) is 1. The number of aryl methyl sites for hydroxylation is 1. The third-order valence-corrected chi connectivity index (χ3v) is 6.43. The first-order valence-electron chi connectivity index (χ1n) is 9.18. The predicted octanol–water partition coefficient (Wildman–Crippen LogP) is 3.67. The number of amides is 1. The topological polar surface area (TPSA) is 45.2 Å². The zero-order chi connectivity index (χ0) is 17.1. The summed E-state index contributed by atoms with van der Waals surface area (Å²) in [6.07, 6.45) is 6.64. The van der Waals surface area contributed by atoms with Crippen LogP contribution in [-0.2, 0) is 17.8 Å². The molecular weight excluding hydrogens is 366 g/mol. The van der Waals surface area contributed by atoms with Crippen molar-refractivity contribution in [1.82, 2.24) is 15.2 Å². The molecule has 1 aliphatic heterocycles. The van der Waals surface area contributed by atoms with Crippen molar-refractivity contribution in [3.63, 3.8) is 0 Å². The molecule has 1 saturated heterocycles. The number of carbonyl (C=O) groups excluding carboxylic acids is 1. The average Bonchev–Trinajstić information content (AvgIpc) is 3.08. The van der Waals surface area contributed by atoms with E-state index in [1.165, 1.54) is 24.8 Å². The summed E-state index contributed by atoms with van der Waals surface area (Å²) >= 11 is 1.70. The number of thiophene rings is 1. The van der Waals surface area contributed by atoms with Crippen LogP contribution in [-0.4, -0.2) is 34.9 Å². The molecule has 26 heavy (non-hydrogen) atoms. The van der Waals surface area contributed by atoms with Crippen molar-refractivity contribution < 1.29 is 4.79 Å². The SMILES string of the molecule is Cl.O=C(CCc1ccccn1)N(Cc1ccsc1)C1CC12CCNCC2. The molecule has 1 amide bonds. The minimum absolute atomic E-state index is 0. The van der Waals surface area contributed by atoms with Crippen LogP contribution in [0.25, 0.3) is 0 Å². The van der Waals surface area contributed by atoms with E-state index in [-0.39, 0.29) is 18.3 Å². The first-order valence-corrected chi connectivity index (χ1v) is 10.1. The van der Waals surface area contributed by atoms with E-state index in [2.05, 4.69) is 32.0 Å². The van der Waals surface area contributed by atoms with Crippen molar-refractivity contribution in [1.29, 1.82) is 0 Å². The highest BCUT2D eigenvalue weighted by Gasteiger charge is 2.57. The van der Waals surface area contributed by atoms with Gasteiger partial charge in [0.2, 0.25) is 5.91 Å². The van der Waals surface area contributed by atoms with Crippen molar-refractivity contribution in [3.8, 4) is 0 Å². The van der Waals surface area contributed by atoms with Crippen LogP contribution in [0.4, 0.5) is 0 Å². The van der Waals surface area contributed by atoms with E-state index in [0.717, 1.165) is 31.7 Å². The molecule has 1 aliphatic carbocycles. The molecule has 1 atom stereocenters. The van der Waals surface area contributed by atoms with E-state index in [9.17, 15) is 4.79 Å². The summed E-state index contributed by atoms with van der Waals surface area (Å²) in [5, 5.41) is 7.71. The Morgan fingerprint density at radius 3 is 2.85 bits per heavy atom. The van der Waals surface area contributed by atoms with Crippen molar-refractivity contribution in [3.05, 3.63) is 52.5 Å². The van der Waals surface area contributed by atoms with Crippen LogP contribution >= 0.6 is 23.7 Å². The summed E-state index contributed by atoms with van der Waals surface area (Å²) in [5.74, 6) is 0.275. The fourth-order valence-corrected chi connectivity index (χ4v) is 4.76. The number of pyridine rings is 1. The van der Waals surface area contributed by atoms with Crippen LogP contribution in [0.15, 0.2) is 41.2 Å². The van der Waals surface area contributed by atoms with E-state index in [0.29, 0.717) is 17.9 Å². The second-order valence-electron chi connectivity index (χ2n) is 7.31. The van der Waals surface area contributed by atoms with E-state index in [4.69, 9.17) is 0 Å². The number of hydrogen-bond acceptors (Lipinski definition) is 4. The van der Waals surface area contributed by atoms with Gasteiger partial charge in [-0.3, -0.25) is 9.78 Å². The average molecular weight is 392 g/mol. The highest BCUT2D eigenvalue weighted by molar-refractivity contribution is 7.07. The quantitative estimate of drug-likeness (QED) is 0.817. The van der Waals surface area contributed by atoms with Gasteiger partial charge in [0.25, 0.3) is 0 Å². The number of halogens is 1. The monoisotopic (exact) mass is 391 g/mol. The molecule has 0 bridgehead atoms. The van der Waals surface area contributed by atoms with Gasteiger partial charge in [-0.15, -0.1) is 12.4 Å². The Bertz CT molecular complexity index is 701. The number of nitrogens with zero attached hydrogens (tertiary/aromatic N) is 2. The maximum Gasteiger partial charge on any atom is 0.223 e. The van der Waals surface area contributed by atoms with Crippen LogP contribution in [0.1, 0.15) is 36.9 Å². The van der Waals surface area contributed by atoms with Gasteiger partial charge in [0, 0.05) is 30.9 Å². The first-order chi connectivity index (χ1) is 12.3. The summed E-state index contributed by atoms with van der Waals surface area (Å²) in [4.78, 5) is 19.6. The summed E-state index contributed by atoms with van der Waals surface area (Å²) in [5.41, 5.74) is 2.63. The maximum absolute atomic E-state index is 13.0. The third-order valence-electron chi connectivity index (χ3n) is 5.70. The third kappa shape index (κ3) is 4.27. The molecule has 2 fully saturated rings. The van der Waals surface area contributed by atoms with E-state index >= 15 is 0 Å². The first kappa shape index (κ1) is 19.3. The van der Waals surface area contributed by atoms with Crippen LogP contribution in [0.5, 0.6) is 0 Å². The van der Waals surface area contributed by atoms with Gasteiger partial charge in [0.15, 0.2) is 0 Å². The van der Waals surface area contributed by atoms with Crippen molar-refractivity contribution in [2.75, 3.05) is 13.1 Å². The Morgan fingerprint density at radius 1 is 1.31 bits per heavy atom. The molecule has 4 nitrogen and oxygen atoms in total. The summed E-state index contributed by atoms with van der Waals surface area (Å²) in [6, 6.07) is 8.47. The van der Waals surface area contributed by atoms with E-state index in [1.54, 1.807) is 17.5 Å². The Hall–Kier alpha value is -1.43. The molecule has 2 aromatic heterocycles. The van der Waals surface area contributed by atoms with Crippen LogP contribution in [0.3, 0.4) is 0 Å². The van der Waals surface area contributed by atoms with E-state index < -0.39 is 0 Å². The number of carbonyl (C=O) groups is 1. The smallest absolute Gasteiger partial charge is 0.223 e. The number of rotatable bonds is 6. The zero-order valence-electron chi connectivity index (χ0n) is 14.9. The lowest BCUT2D eigenvalue weighted by molar-refractivity contribution is -0.133. The Morgan fingerprint density at radius 2 is 2.15 bits per heavy atom. The normalized spacial score (nSPS) is 20.4. The standard InChI is InChI=1S/C20H25N3OS.ClH/c24-19(5-4-17-3-1-2-9-22-17)23(14-16-6-12-25-15-16)18-13-20(18)7-10-21-11-8-20;/h1-3,6,9,12,15,18,21H,4-5,7-8,10-11,13-14H2;1H. The predicted molar refractivity (Wildman–Crippen MR) is 108 cm³/mol. The van der Waals surface area contributed by atoms with Crippen LogP contribution < -0.4 is 5.32 Å². The van der Waals surface area contributed by atoms with Crippen molar-refractivity contribution >= 4 is 29.7 Å². The highest BCUT2D eigenvalue weighted by atomic mass is 35.5. The Kier molecular flexibility index (Phi) is 6.33. The zero-order valence-corrected chi connectivity index (χ0v) is 16.5. The van der Waals surface area contributed by atoms with Crippen LogP contribution in [0.2, 0.25) is 0 Å². The van der Waals surface area contributed by atoms with Gasteiger partial charge in [0.1, 0.15) is 0 Å².